The maximum absolute atomic E-state index is 11.6. The van der Waals surface area contributed by atoms with Gasteiger partial charge in [-0.1, -0.05) is 0 Å². The lowest BCUT2D eigenvalue weighted by molar-refractivity contribution is -0.129. The van der Waals surface area contributed by atoms with Crippen molar-refractivity contribution in [1.29, 1.82) is 0 Å². The average Bonchev–Trinajstić information content (AvgIpc) is 2.16. The van der Waals surface area contributed by atoms with E-state index in [1.165, 1.54) is 6.92 Å². The molecule has 1 rings (SSSR count). The molecule has 0 radical (unpaired) electrons. The fourth-order valence-electron chi connectivity index (χ4n) is 1.86. The molecule has 0 aliphatic carbocycles. The average molecular weight is 213 g/mol. The molecule has 1 aliphatic rings. The summed E-state index contributed by atoms with van der Waals surface area (Å²) >= 11 is 0. The molecule has 5 heteroatoms. The van der Waals surface area contributed by atoms with Gasteiger partial charge in [-0.2, -0.15) is 0 Å². The molecular weight excluding hydrogens is 198 g/mol. The number of Topliss-reactive ketones (excluding diaryl/α,β-unsaturated/α-hetero) is 2. The maximum atomic E-state index is 11.6. The van der Waals surface area contributed by atoms with Crippen LogP contribution in [0.3, 0.4) is 0 Å². The van der Waals surface area contributed by atoms with Crippen molar-refractivity contribution in [3.05, 3.63) is 0 Å². The van der Waals surface area contributed by atoms with Gasteiger partial charge in [0.05, 0.1) is 12.5 Å². The van der Waals surface area contributed by atoms with Crippen LogP contribution in [-0.4, -0.2) is 40.3 Å². The van der Waals surface area contributed by atoms with Gasteiger partial charge in [0.1, 0.15) is 5.78 Å². The zero-order valence-corrected chi connectivity index (χ0v) is 8.73. The zero-order valence-electron chi connectivity index (χ0n) is 8.73. The second-order valence-corrected chi connectivity index (χ2v) is 3.83. The molecule has 1 fully saturated rings. The Labute approximate surface area is 88.1 Å². The first-order chi connectivity index (χ1) is 7.02. The lowest BCUT2D eigenvalue weighted by atomic mass is 9.96. The quantitative estimate of drug-likeness (QED) is 0.711. The van der Waals surface area contributed by atoms with Crippen LogP contribution in [0.1, 0.15) is 32.6 Å². The second-order valence-electron chi connectivity index (χ2n) is 3.83. The Balaban J connectivity index is 2.67. The van der Waals surface area contributed by atoms with E-state index in [9.17, 15) is 14.4 Å². The minimum absolute atomic E-state index is 0.158. The molecule has 0 saturated carbocycles. The third-order valence-corrected chi connectivity index (χ3v) is 2.54. The van der Waals surface area contributed by atoms with E-state index >= 15 is 0 Å². The number of carbonyl (C=O) groups is 3. The largest absolute Gasteiger partial charge is 0.465 e. The molecule has 84 valence electrons. The molecule has 15 heavy (non-hydrogen) atoms. The zero-order chi connectivity index (χ0) is 11.4. The molecule has 1 saturated heterocycles. The Morgan fingerprint density at radius 2 is 2.00 bits per heavy atom. The summed E-state index contributed by atoms with van der Waals surface area (Å²) in [5.41, 5.74) is 0. The molecule has 5 nitrogen and oxygen atoms in total. The van der Waals surface area contributed by atoms with Crippen molar-refractivity contribution in [3.63, 3.8) is 0 Å². The van der Waals surface area contributed by atoms with Gasteiger partial charge < -0.3 is 5.11 Å². The van der Waals surface area contributed by atoms with E-state index in [4.69, 9.17) is 5.11 Å². The standard InChI is InChI=1S/C10H15NO4/c1-7(12)6-9(13)8-4-2-3-5-11(8)10(14)15/h8H,2-6H2,1H3,(H,14,15). The first-order valence-corrected chi connectivity index (χ1v) is 5.04. The number of ketones is 2. The highest BCUT2D eigenvalue weighted by molar-refractivity contribution is 6.01. The van der Waals surface area contributed by atoms with E-state index in [0.29, 0.717) is 13.0 Å². The second kappa shape index (κ2) is 4.91. The summed E-state index contributed by atoms with van der Waals surface area (Å²) in [5.74, 6) is -0.486. The third-order valence-electron chi connectivity index (χ3n) is 2.54. The van der Waals surface area contributed by atoms with Crippen LogP contribution in [0.4, 0.5) is 4.79 Å². The molecule has 0 aromatic heterocycles. The Bertz CT molecular complexity index is 287. The molecule has 1 unspecified atom stereocenters. The van der Waals surface area contributed by atoms with Gasteiger partial charge in [-0.25, -0.2) is 4.79 Å². The van der Waals surface area contributed by atoms with E-state index < -0.39 is 12.1 Å². The van der Waals surface area contributed by atoms with Crippen LogP contribution in [0, 0.1) is 0 Å². The van der Waals surface area contributed by atoms with Crippen molar-refractivity contribution < 1.29 is 19.5 Å². The topological polar surface area (TPSA) is 74.7 Å². The third kappa shape index (κ3) is 3.04. The number of hydrogen-bond acceptors (Lipinski definition) is 3. The number of carboxylic acid groups (broad SMARTS) is 1. The summed E-state index contributed by atoms with van der Waals surface area (Å²) < 4.78 is 0. The van der Waals surface area contributed by atoms with Crippen molar-refractivity contribution in [2.45, 2.75) is 38.6 Å². The van der Waals surface area contributed by atoms with Crippen LogP contribution < -0.4 is 0 Å². The van der Waals surface area contributed by atoms with Gasteiger partial charge >= 0.3 is 6.09 Å². The van der Waals surface area contributed by atoms with E-state index in [1.54, 1.807) is 0 Å². The Morgan fingerprint density at radius 1 is 1.33 bits per heavy atom. The number of hydrogen-bond donors (Lipinski definition) is 1. The van der Waals surface area contributed by atoms with E-state index in [1.807, 2.05) is 0 Å². The normalized spacial score (nSPS) is 21.1. The maximum Gasteiger partial charge on any atom is 0.407 e. The van der Waals surface area contributed by atoms with Crippen molar-refractivity contribution >= 4 is 17.7 Å². The number of carbonyl (C=O) groups excluding carboxylic acids is 2. The lowest BCUT2D eigenvalue weighted by Crippen LogP contribution is -2.47. The van der Waals surface area contributed by atoms with E-state index in [0.717, 1.165) is 17.7 Å². The summed E-state index contributed by atoms with van der Waals surface area (Å²) in [4.78, 5) is 34.4. The molecule has 0 spiro atoms. The predicted molar refractivity (Wildman–Crippen MR) is 52.7 cm³/mol. The monoisotopic (exact) mass is 213 g/mol. The number of amides is 1. The van der Waals surface area contributed by atoms with Crippen LogP contribution >= 0.6 is 0 Å². The Kier molecular flexibility index (Phi) is 3.82. The van der Waals surface area contributed by atoms with Gasteiger partial charge in [0.25, 0.3) is 0 Å². The molecular formula is C10H15NO4. The van der Waals surface area contributed by atoms with Crippen molar-refractivity contribution in [1.82, 2.24) is 4.90 Å². The number of nitrogens with zero attached hydrogens (tertiary/aromatic N) is 1. The SMILES string of the molecule is CC(=O)CC(=O)C1CCCCN1C(=O)O. The van der Waals surface area contributed by atoms with Gasteiger partial charge in [-0.15, -0.1) is 0 Å². The molecule has 1 N–H and O–H groups in total. The summed E-state index contributed by atoms with van der Waals surface area (Å²) in [6.07, 6.45) is 0.942. The summed E-state index contributed by atoms with van der Waals surface area (Å²) in [6, 6.07) is -0.611. The van der Waals surface area contributed by atoms with Gasteiger partial charge in [-0.3, -0.25) is 14.5 Å². The molecule has 0 aromatic carbocycles. The molecule has 0 bridgehead atoms. The molecule has 1 amide bonds. The number of rotatable bonds is 3. The highest BCUT2D eigenvalue weighted by Gasteiger charge is 2.31. The van der Waals surface area contributed by atoms with Gasteiger partial charge in [0.15, 0.2) is 5.78 Å². The van der Waals surface area contributed by atoms with Crippen molar-refractivity contribution in [3.8, 4) is 0 Å². The smallest absolute Gasteiger partial charge is 0.407 e. The summed E-state index contributed by atoms with van der Waals surface area (Å²) in [7, 11) is 0. The van der Waals surface area contributed by atoms with Gasteiger partial charge in [-0.05, 0) is 26.2 Å². The van der Waals surface area contributed by atoms with Crippen LogP contribution in [0.15, 0.2) is 0 Å². The molecule has 1 aliphatic heterocycles. The summed E-state index contributed by atoms with van der Waals surface area (Å²) in [6.45, 7) is 1.73. The van der Waals surface area contributed by atoms with E-state index in [2.05, 4.69) is 0 Å². The number of likely N-dealkylation sites (tertiary alicyclic amines) is 1. The lowest BCUT2D eigenvalue weighted by Gasteiger charge is -2.32. The highest BCUT2D eigenvalue weighted by atomic mass is 16.4. The fourth-order valence-corrected chi connectivity index (χ4v) is 1.86. The van der Waals surface area contributed by atoms with Crippen molar-refractivity contribution in [2.75, 3.05) is 6.54 Å². The molecule has 1 heterocycles. The van der Waals surface area contributed by atoms with Crippen LogP contribution in [0.5, 0.6) is 0 Å². The Hall–Kier alpha value is -1.39. The minimum Gasteiger partial charge on any atom is -0.465 e. The first kappa shape index (κ1) is 11.7. The molecule has 0 aromatic rings. The van der Waals surface area contributed by atoms with Crippen LogP contribution in [0.25, 0.3) is 0 Å². The summed E-state index contributed by atoms with van der Waals surface area (Å²) in [5, 5.41) is 8.88. The van der Waals surface area contributed by atoms with Crippen LogP contribution in [0.2, 0.25) is 0 Å². The van der Waals surface area contributed by atoms with Crippen LogP contribution in [-0.2, 0) is 9.59 Å². The van der Waals surface area contributed by atoms with Crippen molar-refractivity contribution in [2.24, 2.45) is 0 Å². The fraction of sp³-hybridized carbons (Fsp3) is 0.700. The predicted octanol–water partition coefficient (Wildman–Crippen LogP) is 1.07. The van der Waals surface area contributed by atoms with E-state index in [-0.39, 0.29) is 18.0 Å². The minimum atomic E-state index is -1.07. The van der Waals surface area contributed by atoms with Gasteiger partial charge in [0.2, 0.25) is 0 Å². The highest BCUT2D eigenvalue weighted by Crippen LogP contribution is 2.18. The number of piperidine rings is 1. The first-order valence-electron chi connectivity index (χ1n) is 5.04. The Morgan fingerprint density at radius 3 is 2.53 bits per heavy atom. The molecule has 1 atom stereocenters. The van der Waals surface area contributed by atoms with Gasteiger partial charge in [0, 0.05) is 6.54 Å².